The Kier molecular flexibility index (Phi) is 6.09. The molecule has 1 aromatic carbocycles. The molecule has 0 fully saturated rings. The van der Waals surface area contributed by atoms with Gasteiger partial charge >= 0.3 is 0 Å². The highest BCUT2D eigenvalue weighted by atomic mass is 35.5. The van der Waals surface area contributed by atoms with Gasteiger partial charge in [0.05, 0.1) is 12.1 Å². The summed E-state index contributed by atoms with van der Waals surface area (Å²) in [6, 6.07) is 7.90. The second-order valence-corrected chi connectivity index (χ2v) is 5.26. The van der Waals surface area contributed by atoms with Crippen LogP contribution in [0.4, 0.5) is 0 Å². The van der Waals surface area contributed by atoms with Gasteiger partial charge in [-0.2, -0.15) is 0 Å². The molecule has 4 heteroatoms. The molecule has 0 heterocycles. The molecule has 1 rings (SSSR count). The fourth-order valence-electron chi connectivity index (χ4n) is 1.70. The van der Waals surface area contributed by atoms with Crippen LogP contribution in [-0.4, -0.2) is 37.2 Å². The van der Waals surface area contributed by atoms with Gasteiger partial charge in [0.15, 0.2) is 0 Å². The molecule has 1 unspecified atom stereocenters. The smallest absolute Gasteiger partial charge is 0.0659 e. The number of ether oxygens (including phenoxy) is 1. The number of likely N-dealkylation sites (N-methyl/N-ethyl adjacent to an activating group) is 1. The topological polar surface area (TPSA) is 38.5 Å². The Morgan fingerprint density at radius 2 is 1.94 bits per heavy atom. The third-order valence-electron chi connectivity index (χ3n) is 3.31. The van der Waals surface area contributed by atoms with Crippen molar-refractivity contribution in [3.63, 3.8) is 0 Å². The zero-order chi connectivity index (χ0) is 13.6. The monoisotopic (exact) mass is 270 g/mol. The quantitative estimate of drug-likeness (QED) is 0.827. The SMILES string of the molecule is CCOCC(C)(CN)N(C)Cc1ccc(Cl)cc1. The van der Waals surface area contributed by atoms with E-state index in [1.807, 2.05) is 31.2 Å². The highest BCUT2D eigenvalue weighted by Crippen LogP contribution is 2.17. The Labute approximate surface area is 115 Å². The lowest BCUT2D eigenvalue weighted by Crippen LogP contribution is -2.52. The molecule has 3 nitrogen and oxygen atoms in total. The molecule has 18 heavy (non-hydrogen) atoms. The Balaban J connectivity index is 2.66. The van der Waals surface area contributed by atoms with Crippen LogP contribution < -0.4 is 5.73 Å². The number of hydrogen-bond acceptors (Lipinski definition) is 3. The highest BCUT2D eigenvalue weighted by molar-refractivity contribution is 6.30. The lowest BCUT2D eigenvalue weighted by Gasteiger charge is -2.37. The number of halogens is 1. The normalized spacial score (nSPS) is 14.8. The highest BCUT2D eigenvalue weighted by Gasteiger charge is 2.27. The molecule has 0 bridgehead atoms. The number of nitrogens with two attached hydrogens (primary N) is 1. The van der Waals surface area contributed by atoms with Crippen molar-refractivity contribution in [2.75, 3.05) is 26.8 Å². The fraction of sp³-hybridized carbons (Fsp3) is 0.571. The van der Waals surface area contributed by atoms with Crippen molar-refractivity contribution in [1.29, 1.82) is 0 Å². The first kappa shape index (κ1) is 15.4. The number of rotatable bonds is 7. The van der Waals surface area contributed by atoms with Crippen molar-refractivity contribution >= 4 is 11.6 Å². The molecule has 0 aliphatic carbocycles. The maximum absolute atomic E-state index is 5.88. The van der Waals surface area contributed by atoms with Crippen LogP contribution in [0.15, 0.2) is 24.3 Å². The molecule has 102 valence electrons. The van der Waals surface area contributed by atoms with Crippen LogP contribution in [0.3, 0.4) is 0 Å². The van der Waals surface area contributed by atoms with E-state index < -0.39 is 0 Å². The van der Waals surface area contributed by atoms with Gasteiger partial charge in [-0.05, 0) is 38.6 Å². The summed E-state index contributed by atoms with van der Waals surface area (Å²) in [5.74, 6) is 0. The molecular formula is C14H23ClN2O. The molecule has 0 aliphatic heterocycles. The van der Waals surface area contributed by atoms with Crippen LogP contribution in [0.25, 0.3) is 0 Å². The molecule has 2 N–H and O–H groups in total. The molecule has 0 spiro atoms. The fourth-order valence-corrected chi connectivity index (χ4v) is 1.83. The van der Waals surface area contributed by atoms with E-state index >= 15 is 0 Å². The standard InChI is InChI=1S/C14H23ClN2O/c1-4-18-11-14(2,10-16)17(3)9-12-5-7-13(15)8-6-12/h5-8H,4,9-11,16H2,1-3H3. The van der Waals surface area contributed by atoms with Crippen molar-refractivity contribution < 1.29 is 4.74 Å². The van der Waals surface area contributed by atoms with E-state index in [2.05, 4.69) is 18.9 Å². The Morgan fingerprint density at radius 1 is 1.33 bits per heavy atom. The Morgan fingerprint density at radius 3 is 2.44 bits per heavy atom. The first-order valence-electron chi connectivity index (χ1n) is 6.25. The van der Waals surface area contributed by atoms with Gasteiger partial charge in [0, 0.05) is 24.7 Å². The molecular weight excluding hydrogens is 248 g/mol. The second kappa shape index (κ2) is 7.10. The van der Waals surface area contributed by atoms with Crippen LogP contribution in [0, 0.1) is 0 Å². The predicted octanol–water partition coefficient (Wildman–Crippen LogP) is 2.53. The van der Waals surface area contributed by atoms with Crippen molar-refractivity contribution in [2.24, 2.45) is 5.73 Å². The van der Waals surface area contributed by atoms with E-state index in [-0.39, 0.29) is 5.54 Å². The zero-order valence-electron chi connectivity index (χ0n) is 11.4. The molecule has 0 radical (unpaired) electrons. The van der Waals surface area contributed by atoms with Gasteiger partial charge < -0.3 is 10.5 Å². The van der Waals surface area contributed by atoms with Gasteiger partial charge in [-0.1, -0.05) is 23.7 Å². The molecule has 0 amide bonds. The number of benzene rings is 1. The summed E-state index contributed by atoms with van der Waals surface area (Å²) in [5, 5.41) is 0.761. The summed E-state index contributed by atoms with van der Waals surface area (Å²) >= 11 is 5.88. The van der Waals surface area contributed by atoms with Crippen molar-refractivity contribution in [3.8, 4) is 0 Å². The van der Waals surface area contributed by atoms with Gasteiger partial charge in [0.1, 0.15) is 0 Å². The van der Waals surface area contributed by atoms with E-state index in [4.69, 9.17) is 22.1 Å². The van der Waals surface area contributed by atoms with E-state index in [1.165, 1.54) is 5.56 Å². The number of hydrogen-bond donors (Lipinski definition) is 1. The zero-order valence-corrected chi connectivity index (χ0v) is 12.2. The molecule has 0 aromatic heterocycles. The lowest BCUT2D eigenvalue weighted by molar-refractivity contribution is 0.0202. The van der Waals surface area contributed by atoms with E-state index in [1.54, 1.807) is 0 Å². The minimum atomic E-state index is -0.143. The predicted molar refractivity (Wildman–Crippen MR) is 76.9 cm³/mol. The molecule has 0 aliphatic rings. The first-order chi connectivity index (χ1) is 8.51. The average Bonchev–Trinajstić information content (AvgIpc) is 2.38. The second-order valence-electron chi connectivity index (χ2n) is 4.82. The molecule has 0 saturated heterocycles. The minimum Gasteiger partial charge on any atom is -0.380 e. The summed E-state index contributed by atoms with van der Waals surface area (Å²) in [6.07, 6.45) is 0. The first-order valence-corrected chi connectivity index (χ1v) is 6.63. The van der Waals surface area contributed by atoms with Crippen LogP contribution in [0.1, 0.15) is 19.4 Å². The van der Waals surface area contributed by atoms with Gasteiger partial charge in [-0.15, -0.1) is 0 Å². The minimum absolute atomic E-state index is 0.143. The van der Waals surface area contributed by atoms with Gasteiger partial charge in [-0.3, -0.25) is 4.90 Å². The van der Waals surface area contributed by atoms with E-state index in [0.29, 0.717) is 19.8 Å². The summed E-state index contributed by atoms with van der Waals surface area (Å²) in [5.41, 5.74) is 6.96. The van der Waals surface area contributed by atoms with Crippen molar-refractivity contribution in [1.82, 2.24) is 4.90 Å². The summed E-state index contributed by atoms with van der Waals surface area (Å²) in [4.78, 5) is 2.23. The number of nitrogens with zero attached hydrogens (tertiary/aromatic N) is 1. The summed E-state index contributed by atoms with van der Waals surface area (Å²) in [7, 11) is 2.07. The Hall–Kier alpha value is -0.610. The van der Waals surface area contributed by atoms with Crippen LogP contribution in [0.2, 0.25) is 5.02 Å². The molecule has 1 atom stereocenters. The molecule has 1 aromatic rings. The van der Waals surface area contributed by atoms with Gasteiger partial charge in [0.2, 0.25) is 0 Å². The third kappa shape index (κ3) is 4.25. The molecule has 0 saturated carbocycles. The largest absolute Gasteiger partial charge is 0.380 e. The van der Waals surface area contributed by atoms with Crippen molar-refractivity contribution in [2.45, 2.75) is 25.9 Å². The van der Waals surface area contributed by atoms with Crippen LogP contribution in [-0.2, 0) is 11.3 Å². The van der Waals surface area contributed by atoms with Crippen LogP contribution >= 0.6 is 11.6 Å². The van der Waals surface area contributed by atoms with Crippen molar-refractivity contribution in [3.05, 3.63) is 34.9 Å². The Bertz CT molecular complexity index is 355. The summed E-state index contributed by atoms with van der Waals surface area (Å²) < 4.78 is 5.52. The third-order valence-corrected chi connectivity index (χ3v) is 3.56. The van der Waals surface area contributed by atoms with Gasteiger partial charge in [0.25, 0.3) is 0 Å². The average molecular weight is 271 g/mol. The lowest BCUT2D eigenvalue weighted by atomic mass is 10.0. The van der Waals surface area contributed by atoms with E-state index in [9.17, 15) is 0 Å². The maximum Gasteiger partial charge on any atom is 0.0659 e. The van der Waals surface area contributed by atoms with Gasteiger partial charge in [-0.25, -0.2) is 0 Å². The summed E-state index contributed by atoms with van der Waals surface area (Å²) in [6.45, 7) is 6.87. The van der Waals surface area contributed by atoms with Crippen LogP contribution in [0.5, 0.6) is 0 Å². The van der Waals surface area contributed by atoms with E-state index in [0.717, 1.165) is 11.6 Å². The maximum atomic E-state index is 5.88.